The van der Waals surface area contributed by atoms with Crippen LogP contribution in [0.5, 0.6) is 5.75 Å². The SMILES string of the molecule is CCc1c(C)c(O)cc2ccsc12. The van der Waals surface area contributed by atoms with Gasteiger partial charge in [-0.25, -0.2) is 0 Å². The third-order valence-corrected chi connectivity index (χ3v) is 3.44. The van der Waals surface area contributed by atoms with Crippen molar-refractivity contribution >= 4 is 21.4 Å². The molecule has 0 unspecified atom stereocenters. The van der Waals surface area contributed by atoms with Gasteiger partial charge >= 0.3 is 0 Å². The van der Waals surface area contributed by atoms with Crippen molar-refractivity contribution in [1.82, 2.24) is 0 Å². The van der Waals surface area contributed by atoms with E-state index < -0.39 is 0 Å². The second-order valence-corrected chi connectivity index (χ2v) is 4.11. The molecule has 0 fully saturated rings. The molecule has 0 spiro atoms. The molecule has 2 heteroatoms. The average Bonchev–Trinajstić information content (AvgIpc) is 2.54. The first-order chi connectivity index (χ1) is 6.24. The number of rotatable bonds is 1. The average molecular weight is 192 g/mol. The summed E-state index contributed by atoms with van der Waals surface area (Å²) in [5, 5.41) is 12.9. The van der Waals surface area contributed by atoms with Crippen LogP contribution in [0.25, 0.3) is 10.1 Å². The Bertz CT molecular complexity index is 443. The lowest BCUT2D eigenvalue weighted by Crippen LogP contribution is -1.86. The molecule has 0 aliphatic carbocycles. The Morgan fingerprint density at radius 1 is 1.46 bits per heavy atom. The Labute approximate surface area is 81.6 Å². The lowest BCUT2D eigenvalue weighted by Gasteiger charge is -2.06. The molecule has 68 valence electrons. The maximum absolute atomic E-state index is 9.65. The Hall–Kier alpha value is -1.02. The Balaban J connectivity index is 2.87. The van der Waals surface area contributed by atoms with Gasteiger partial charge in [-0.05, 0) is 47.4 Å². The summed E-state index contributed by atoms with van der Waals surface area (Å²) in [6.07, 6.45) is 0.983. The maximum atomic E-state index is 9.65. The molecular formula is C11H12OS. The molecule has 2 rings (SSSR count). The van der Waals surface area contributed by atoms with Crippen LogP contribution in [-0.4, -0.2) is 5.11 Å². The fourth-order valence-corrected chi connectivity index (χ4v) is 2.74. The highest BCUT2D eigenvalue weighted by Crippen LogP contribution is 2.33. The predicted molar refractivity (Wildman–Crippen MR) is 57.6 cm³/mol. The van der Waals surface area contributed by atoms with Gasteiger partial charge in [0.15, 0.2) is 0 Å². The van der Waals surface area contributed by atoms with Crippen LogP contribution in [0.15, 0.2) is 17.5 Å². The number of fused-ring (bicyclic) bond motifs is 1. The first-order valence-corrected chi connectivity index (χ1v) is 5.30. The van der Waals surface area contributed by atoms with Crippen molar-refractivity contribution in [2.75, 3.05) is 0 Å². The van der Waals surface area contributed by atoms with Crippen LogP contribution < -0.4 is 0 Å². The van der Waals surface area contributed by atoms with E-state index in [1.54, 1.807) is 11.3 Å². The Morgan fingerprint density at radius 2 is 2.23 bits per heavy atom. The molecule has 0 saturated heterocycles. The summed E-state index contributed by atoms with van der Waals surface area (Å²) in [5.41, 5.74) is 2.31. The second kappa shape index (κ2) is 3.04. The van der Waals surface area contributed by atoms with Crippen molar-refractivity contribution in [3.05, 3.63) is 28.6 Å². The van der Waals surface area contributed by atoms with Crippen molar-refractivity contribution in [1.29, 1.82) is 0 Å². The zero-order valence-electron chi connectivity index (χ0n) is 7.79. The van der Waals surface area contributed by atoms with Gasteiger partial charge in [0.2, 0.25) is 0 Å². The van der Waals surface area contributed by atoms with Crippen molar-refractivity contribution < 1.29 is 5.11 Å². The first kappa shape index (κ1) is 8.57. The van der Waals surface area contributed by atoms with E-state index in [0.29, 0.717) is 5.75 Å². The zero-order chi connectivity index (χ0) is 9.42. The summed E-state index contributed by atoms with van der Waals surface area (Å²) in [6.45, 7) is 4.11. The van der Waals surface area contributed by atoms with E-state index in [9.17, 15) is 5.11 Å². The predicted octanol–water partition coefficient (Wildman–Crippen LogP) is 3.48. The van der Waals surface area contributed by atoms with Crippen LogP contribution in [0, 0.1) is 6.92 Å². The number of benzene rings is 1. The minimum Gasteiger partial charge on any atom is -0.508 e. The number of aryl methyl sites for hydroxylation is 1. The van der Waals surface area contributed by atoms with Crippen molar-refractivity contribution in [3.63, 3.8) is 0 Å². The number of phenols is 1. The van der Waals surface area contributed by atoms with E-state index >= 15 is 0 Å². The summed E-state index contributed by atoms with van der Waals surface area (Å²) in [7, 11) is 0. The van der Waals surface area contributed by atoms with Gasteiger partial charge < -0.3 is 5.11 Å². The van der Waals surface area contributed by atoms with Gasteiger partial charge in [0.1, 0.15) is 5.75 Å². The van der Waals surface area contributed by atoms with Gasteiger partial charge in [0, 0.05) is 4.70 Å². The van der Waals surface area contributed by atoms with Crippen LogP contribution in [-0.2, 0) is 6.42 Å². The third kappa shape index (κ3) is 1.22. The summed E-state index contributed by atoms with van der Waals surface area (Å²) >= 11 is 1.75. The van der Waals surface area contributed by atoms with E-state index in [1.807, 2.05) is 13.0 Å². The minimum absolute atomic E-state index is 0.419. The van der Waals surface area contributed by atoms with E-state index in [2.05, 4.69) is 18.4 Å². The number of thiophene rings is 1. The minimum atomic E-state index is 0.419. The topological polar surface area (TPSA) is 20.2 Å². The molecule has 2 aromatic rings. The molecule has 1 nitrogen and oxygen atoms in total. The number of hydrogen-bond acceptors (Lipinski definition) is 2. The highest BCUT2D eigenvalue weighted by atomic mass is 32.1. The summed E-state index contributed by atoms with van der Waals surface area (Å²) in [4.78, 5) is 0. The Kier molecular flexibility index (Phi) is 2.00. The molecule has 1 aromatic heterocycles. The smallest absolute Gasteiger partial charge is 0.119 e. The quantitative estimate of drug-likeness (QED) is 0.733. The third-order valence-electron chi connectivity index (χ3n) is 2.45. The van der Waals surface area contributed by atoms with Crippen LogP contribution in [0.1, 0.15) is 18.1 Å². The summed E-state index contributed by atoms with van der Waals surface area (Å²) in [5.74, 6) is 0.419. The fraction of sp³-hybridized carbons (Fsp3) is 0.273. The molecular weight excluding hydrogens is 180 g/mol. The molecule has 13 heavy (non-hydrogen) atoms. The number of aromatic hydroxyl groups is 1. The van der Waals surface area contributed by atoms with Crippen molar-refractivity contribution in [3.8, 4) is 5.75 Å². The molecule has 0 bridgehead atoms. The van der Waals surface area contributed by atoms with Crippen LogP contribution in [0.4, 0.5) is 0 Å². The fourth-order valence-electron chi connectivity index (χ4n) is 1.68. The van der Waals surface area contributed by atoms with Gasteiger partial charge in [0.05, 0.1) is 0 Å². The van der Waals surface area contributed by atoms with Gasteiger partial charge in [-0.15, -0.1) is 11.3 Å². The van der Waals surface area contributed by atoms with Crippen LogP contribution in [0.3, 0.4) is 0 Å². The van der Waals surface area contributed by atoms with Crippen LogP contribution in [0.2, 0.25) is 0 Å². The molecule has 0 amide bonds. The molecule has 0 aliphatic heterocycles. The summed E-state index contributed by atoms with van der Waals surface area (Å²) < 4.78 is 1.32. The number of phenolic OH excluding ortho intramolecular Hbond substituents is 1. The highest BCUT2D eigenvalue weighted by molar-refractivity contribution is 7.17. The largest absolute Gasteiger partial charge is 0.508 e. The molecule has 0 saturated carbocycles. The van der Waals surface area contributed by atoms with Gasteiger partial charge in [-0.3, -0.25) is 0 Å². The molecule has 1 N–H and O–H groups in total. The Morgan fingerprint density at radius 3 is 2.92 bits per heavy atom. The van der Waals surface area contributed by atoms with E-state index in [1.165, 1.54) is 10.3 Å². The van der Waals surface area contributed by atoms with E-state index in [4.69, 9.17) is 0 Å². The lowest BCUT2D eigenvalue weighted by molar-refractivity contribution is 0.471. The summed E-state index contributed by atoms with van der Waals surface area (Å²) in [6, 6.07) is 3.90. The monoisotopic (exact) mass is 192 g/mol. The highest BCUT2D eigenvalue weighted by Gasteiger charge is 2.08. The van der Waals surface area contributed by atoms with Gasteiger partial charge in [0.25, 0.3) is 0 Å². The molecule has 0 radical (unpaired) electrons. The standard InChI is InChI=1S/C11H12OS/c1-3-9-7(2)10(12)6-8-4-5-13-11(8)9/h4-6,12H,3H2,1-2H3. The van der Waals surface area contributed by atoms with Crippen LogP contribution >= 0.6 is 11.3 Å². The van der Waals surface area contributed by atoms with Crippen molar-refractivity contribution in [2.45, 2.75) is 20.3 Å². The maximum Gasteiger partial charge on any atom is 0.119 e. The lowest BCUT2D eigenvalue weighted by atomic mass is 10.0. The molecule has 0 atom stereocenters. The van der Waals surface area contributed by atoms with E-state index in [0.717, 1.165) is 17.4 Å². The van der Waals surface area contributed by atoms with Crippen molar-refractivity contribution in [2.24, 2.45) is 0 Å². The second-order valence-electron chi connectivity index (χ2n) is 3.19. The normalized spacial score (nSPS) is 10.9. The zero-order valence-corrected chi connectivity index (χ0v) is 8.61. The molecule has 1 heterocycles. The number of hydrogen-bond donors (Lipinski definition) is 1. The van der Waals surface area contributed by atoms with Gasteiger partial charge in [-0.2, -0.15) is 0 Å². The molecule has 0 aliphatic rings. The molecule has 1 aromatic carbocycles. The van der Waals surface area contributed by atoms with Gasteiger partial charge in [-0.1, -0.05) is 6.92 Å². The first-order valence-electron chi connectivity index (χ1n) is 4.42. The van der Waals surface area contributed by atoms with E-state index in [-0.39, 0.29) is 0 Å².